The van der Waals surface area contributed by atoms with Crippen molar-refractivity contribution < 1.29 is 21.6 Å². The van der Waals surface area contributed by atoms with Crippen LogP contribution < -0.4 is 10.0 Å². The maximum atomic E-state index is 12.2. The molecular formula is C13H16N2O5S2. The smallest absolute Gasteiger partial charge is 0.241 e. The molecule has 9 heteroatoms. The van der Waals surface area contributed by atoms with Crippen molar-refractivity contribution in [2.45, 2.75) is 24.4 Å². The largest absolute Gasteiger partial charge is 0.352 e. The molecule has 1 amide bonds. The minimum absolute atomic E-state index is 0.0387. The van der Waals surface area contributed by atoms with Crippen LogP contribution in [-0.2, 0) is 31.2 Å². The average molecular weight is 344 g/mol. The van der Waals surface area contributed by atoms with Crippen molar-refractivity contribution in [3.8, 4) is 0 Å². The Morgan fingerprint density at radius 1 is 1.27 bits per heavy atom. The van der Waals surface area contributed by atoms with Crippen LogP contribution in [0.1, 0.15) is 12.5 Å². The summed E-state index contributed by atoms with van der Waals surface area (Å²) in [6.07, 6.45) is 1.32. The predicted octanol–water partition coefficient (Wildman–Crippen LogP) is -0.0883. The summed E-state index contributed by atoms with van der Waals surface area (Å²) in [5, 5.41) is 3.62. The van der Waals surface area contributed by atoms with E-state index in [9.17, 15) is 21.6 Å². The molecule has 0 fully saturated rings. The summed E-state index contributed by atoms with van der Waals surface area (Å²) in [6.45, 7) is 1.71. The second-order valence-corrected chi connectivity index (χ2v) is 8.58. The van der Waals surface area contributed by atoms with Crippen molar-refractivity contribution in [2.75, 3.05) is 5.75 Å². The first-order valence-corrected chi connectivity index (χ1v) is 9.64. The maximum Gasteiger partial charge on any atom is 0.241 e. The zero-order valence-corrected chi connectivity index (χ0v) is 13.4. The number of benzene rings is 1. The Morgan fingerprint density at radius 3 is 2.41 bits per heavy atom. The molecule has 2 rings (SSSR count). The third-order valence-corrected chi connectivity index (χ3v) is 5.91. The highest BCUT2D eigenvalue weighted by Crippen LogP contribution is 2.14. The summed E-state index contributed by atoms with van der Waals surface area (Å²) >= 11 is 0. The molecule has 1 aliphatic rings. The number of carbonyl (C=O) groups excluding carboxylic acids is 1. The van der Waals surface area contributed by atoms with Crippen LogP contribution in [0.15, 0.2) is 40.6 Å². The lowest BCUT2D eigenvalue weighted by atomic mass is 10.2. The number of nitrogens with one attached hydrogen (secondary N) is 2. The van der Waals surface area contributed by atoms with Gasteiger partial charge < -0.3 is 5.32 Å². The van der Waals surface area contributed by atoms with Crippen molar-refractivity contribution >= 4 is 25.8 Å². The molecule has 1 aromatic rings. The fourth-order valence-electron chi connectivity index (χ4n) is 1.93. The highest BCUT2D eigenvalue weighted by atomic mass is 32.2. The van der Waals surface area contributed by atoms with E-state index in [0.717, 1.165) is 11.0 Å². The van der Waals surface area contributed by atoms with Gasteiger partial charge in [0.2, 0.25) is 15.9 Å². The normalized spacial score (nSPS) is 20.0. The van der Waals surface area contributed by atoms with E-state index in [-0.39, 0.29) is 16.6 Å². The molecule has 120 valence electrons. The van der Waals surface area contributed by atoms with Crippen LogP contribution in [0.3, 0.4) is 0 Å². The van der Waals surface area contributed by atoms with E-state index in [4.69, 9.17) is 0 Å². The second-order valence-electron chi connectivity index (χ2n) is 4.94. The van der Waals surface area contributed by atoms with Gasteiger partial charge in [0.25, 0.3) is 0 Å². The molecule has 0 spiro atoms. The third-order valence-electron chi connectivity index (χ3n) is 3.01. The number of carbonyl (C=O) groups is 1. The first kappa shape index (κ1) is 16.7. The third kappa shape index (κ3) is 4.39. The zero-order chi connectivity index (χ0) is 16.4. The van der Waals surface area contributed by atoms with Crippen LogP contribution in [0.25, 0.3) is 0 Å². The summed E-state index contributed by atoms with van der Waals surface area (Å²) < 4.78 is 49.2. The summed E-state index contributed by atoms with van der Waals surface area (Å²) in [5.74, 6) is -0.445. The Labute approximate surface area is 129 Å². The molecule has 1 heterocycles. The zero-order valence-electron chi connectivity index (χ0n) is 11.8. The molecule has 0 saturated carbocycles. The lowest BCUT2D eigenvalue weighted by Gasteiger charge is -2.11. The number of sulfonamides is 1. The van der Waals surface area contributed by atoms with E-state index in [1.807, 2.05) is 0 Å². The van der Waals surface area contributed by atoms with Crippen molar-refractivity contribution in [3.63, 3.8) is 0 Å². The summed E-state index contributed by atoms with van der Waals surface area (Å²) in [4.78, 5) is 10.9. The highest BCUT2D eigenvalue weighted by Gasteiger charge is 2.26. The molecule has 22 heavy (non-hydrogen) atoms. The van der Waals surface area contributed by atoms with Gasteiger partial charge in [0, 0.05) is 18.9 Å². The van der Waals surface area contributed by atoms with Crippen molar-refractivity contribution in [2.24, 2.45) is 0 Å². The van der Waals surface area contributed by atoms with E-state index in [1.165, 1.54) is 25.1 Å². The van der Waals surface area contributed by atoms with Gasteiger partial charge in [-0.25, -0.2) is 21.6 Å². The van der Waals surface area contributed by atoms with Crippen LogP contribution in [0, 0.1) is 0 Å². The molecule has 1 aromatic carbocycles. The molecule has 7 nitrogen and oxygen atoms in total. The van der Waals surface area contributed by atoms with Gasteiger partial charge in [-0.15, -0.1) is 0 Å². The van der Waals surface area contributed by atoms with Crippen LogP contribution in [0.4, 0.5) is 0 Å². The average Bonchev–Trinajstić information content (AvgIpc) is 2.75. The summed E-state index contributed by atoms with van der Waals surface area (Å²) in [7, 11) is -7.11. The van der Waals surface area contributed by atoms with Crippen molar-refractivity contribution in [1.29, 1.82) is 0 Å². The predicted molar refractivity (Wildman–Crippen MR) is 81.0 cm³/mol. The van der Waals surface area contributed by atoms with Crippen LogP contribution in [0.2, 0.25) is 0 Å². The van der Waals surface area contributed by atoms with Gasteiger partial charge in [-0.3, -0.25) is 4.79 Å². The lowest BCUT2D eigenvalue weighted by molar-refractivity contribution is -0.119. The lowest BCUT2D eigenvalue weighted by Crippen LogP contribution is -2.35. The standard InChI is InChI=1S/C13H16N2O5S2/c1-10(16)14-8-11-2-4-13(5-3-11)22(19,20)15-12-6-7-21(17,18)9-12/h2-7,12,15H,8-9H2,1H3,(H,14,16)/t12-/m1/s1. The Hall–Kier alpha value is -1.71. The summed E-state index contributed by atoms with van der Waals surface area (Å²) in [5.41, 5.74) is 0.762. The minimum atomic E-state index is -3.79. The molecule has 1 aliphatic heterocycles. The highest BCUT2D eigenvalue weighted by molar-refractivity contribution is 7.94. The molecule has 0 unspecified atom stereocenters. The minimum Gasteiger partial charge on any atom is -0.352 e. The number of sulfone groups is 1. The second kappa shape index (κ2) is 6.19. The molecular weight excluding hydrogens is 328 g/mol. The molecule has 0 radical (unpaired) electrons. The Bertz CT molecular complexity index is 795. The molecule has 1 atom stereocenters. The first-order valence-electron chi connectivity index (χ1n) is 6.45. The van der Waals surface area contributed by atoms with E-state index in [0.29, 0.717) is 6.54 Å². The van der Waals surface area contributed by atoms with Gasteiger partial charge in [-0.05, 0) is 17.7 Å². The topological polar surface area (TPSA) is 109 Å². The van der Waals surface area contributed by atoms with Gasteiger partial charge >= 0.3 is 0 Å². The summed E-state index contributed by atoms with van der Waals surface area (Å²) in [6, 6.07) is 5.24. The quantitative estimate of drug-likeness (QED) is 0.776. The van der Waals surface area contributed by atoms with E-state index < -0.39 is 25.9 Å². The fraction of sp³-hybridized carbons (Fsp3) is 0.308. The van der Waals surface area contributed by atoms with E-state index in [2.05, 4.69) is 10.0 Å². The van der Waals surface area contributed by atoms with Crippen LogP contribution in [-0.4, -0.2) is 34.5 Å². The fourth-order valence-corrected chi connectivity index (χ4v) is 4.46. The number of hydrogen-bond donors (Lipinski definition) is 2. The monoisotopic (exact) mass is 344 g/mol. The van der Waals surface area contributed by atoms with Crippen molar-refractivity contribution in [3.05, 3.63) is 41.3 Å². The number of hydrogen-bond acceptors (Lipinski definition) is 5. The van der Waals surface area contributed by atoms with Gasteiger partial charge in [0.1, 0.15) is 0 Å². The molecule has 0 bridgehead atoms. The maximum absolute atomic E-state index is 12.2. The Kier molecular flexibility index (Phi) is 4.69. The van der Waals surface area contributed by atoms with E-state index in [1.54, 1.807) is 12.1 Å². The van der Waals surface area contributed by atoms with Crippen molar-refractivity contribution in [1.82, 2.24) is 10.0 Å². The Balaban J connectivity index is 2.07. The molecule has 2 N–H and O–H groups in total. The van der Waals surface area contributed by atoms with Gasteiger partial charge in [-0.1, -0.05) is 18.2 Å². The van der Waals surface area contributed by atoms with Crippen LogP contribution in [0.5, 0.6) is 0 Å². The van der Waals surface area contributed by atoms with E-state index >= 15 is 0 Å². The van der Waals surface area contributed by atoms with Gasteiger partial charge in [0.05, 0.1) is 16.7 Å². The number of amides is 1. The van der Waals surface area contributed by atoms with Crippen LogP contribution >= 0.6 is 0 Å². The van der Waals surface area contributed by atoms with Gasteiger partial charge in [0.15, 0.2) is 9.84 Å². The molecule has 0 saturated heterocycles. The Morgan fingerprint density at radius 2 is 1.91 bits per heavy atom. The SMILES string of the molecule is CC(=O)NCc1ccc(S(=O)(=O)N[C@@H]2C=CS(=O)(=O)C2)cc1. The number of rotatable bonds is 5. The molecule has 0 aliphatic carbocycles. The first-order chi connectivity index (χ1) is 10.2. The molecule has 0 aromatic heterocycles. The van der Waals surface area contributed by atoms with Gasteiger partial charge in [-0.2, -0.15) is 0 Å².